The maximum Gasteiger partial charge on any atom is 0.266 e. The minimum atomic E-state index is -0.200. The summed E-state index contributed by atoms with van der Waals surface area (Å²) < 4.78 is 0. The van der Waals surface area contributed by atoms with Gasteiger partial charge >= 0.3 is 0 Å². The fourth-order valence-electron chi connectivity index (χ4n) is 1.17. The first kappa shape index (κ1) is 9.33. The maximum absolute atomic E-state index is 11.0. The summed E-state index contributed by atoms with van der Waals surface area (Å²) in [6.07, 6.45) is 2.02. The molecule has 66 valence electrons. The summed E-state index contributed by atoms with van der Waals surface area (Å²) in [6.45, 7) is 3.99. The quantitative estimate of drug-likeness (QED) is 0.754. The lowest BCUT2D eigenvalue weighted by atomic mass is 10.1. The number of H-pyrrole nitrogens is 1. The van der Waals surface area contributed by atoms with Gasteiger partial charge in [-0.1, -0.05) is 24.9 Å². The molecule has 1 aromatic heterocycles. The van der Waals surface area contributed by atoms with Crippen molar-refractivity contribution in [1.82, 2.24) is 4.98 Å². The second kappa shape index (κ2) is 3.76. The Morgan fingerprint density at radius 3 is 2.83 bits per heavy atom. The molecule has 0 spiro atoms. The van der Waals surface area contributed by atoms with Crippen LogP contribution in [0.25, 0.3) is 0 Å². The second-order valence-electron chi connectivity index (χ2n) is 2.85. The molecule has 1 aromatic rings. The van der Waals surface area contributed by atoms with Gasteiger partial charge in [-0.25, -0.2) is 0 Å². The molecule has 0 saturated carbocycles. The fourth-order valence-corrected chi connectivity index (χ4v) is 1.35. The predicted molar refractivity (Wildman–Crippen MR) is 50.8 cm³/mol. The number of hydrogen-bond acceptors (Lipinski definition) is 1. The molecule has 0 radical (unpaired) electrons. The SMILES string of the molecule is CCCc1cc(Cl)c(=O)[nH]c1C. The van der Waals surface area contributed by atoms with Gasteiger partial charge in [-0.05, 0) is 25.0 Å². The van der Waals surface area contributed by atoms with Crippen molar-refractivity contribution in [1.29, 1.82) is 0 Å². The molecule has 3 heteroatoms. The lowest BCUT2D eigenvalue weighted by Crippen LogP contribution is -2.09. The van der Waals surface area contributed by atoms with Gasteiger partial charge in [0.2, 0.25) is 0 Å². The molecule has 1 heterocycles. The van der Waals surface area contributed by atoms with Crippen molar-refractivity contribution in [3.8, 4) is 0 Å². The van der Waals surface area contributed by atoms with Crippen LogP contribution >= 0.6 is 11.6 Å². The Labute approximate surface area is 76.6 Å². The van der Waals surface area contributed by atoms with Crippen LogP contribution in [0.15, 0.2) is 10.9 Å². The molecule has 0 aliphatic carbocycles. The van der Waals surface area contributed by atoms with Gasteiger partial charge in [-0.15, -0.1) is 0 Å². The van der Waals surface area contributed by atoms with E-state index in [1.165, 1.54) is 0 Å². The Balaban J connectivity index is 3.14. The minimum absolute atomic E-state index is 0.200. The molecule has 2 nitrogen and oxygen atoms in total. The second-order valence-corrected chi connectivity index (χ2v) is 3.25. The van der Waals surface area contributed by atoms with E-state index in [0.717, 1.165) is 24.1 Å². The lowest BCUT2D eigenvalue weighted by molar-refractivity contribution is 0.894. The van der Waals surface area contributed by atoms with Crippen LogP contribution in [0.2, 0.25) is 5.02 Å². The van der Waals surface area contributed by atoms with Gasteiger partial charge in [0.15, 0.2) is 0 Å². The molecule has 0 aliphatic heterocycles. The van der Waals surface area contributed by atoms with E-state index in [-0.39, 0.29) is 10.6 Å². The van der Waals surface area contributed by atoms with Crippen molar-refractivity contribution in [3.63, 3.8) is 0 Å². The van der Waals surface area contributed by atoms with Crippen molar-refractivity contribution >= 4 is 11.6 Å². The van der Waals surface area contributed by atoms with E-state index < -0.39 is 0 Å². The van der Waals surface area contributed by atoms with Gasteiger partial charge in [0.05, 0.1) is 0 Å². The average molecular weight is 186 g/mol. The molecule has 0 bridgehead atoms. The van der Waals surface area contributed by atoms with Gasteiger partial charge in [-0.3, -0.25) is 4.79 Å². The Morgan fingerprint density at radius 1 is 1.58 bits per heavy atom. The third-order valence-electron chi connectivity index (χ3n) is 1.82. The smallest absolute Gasteiger partial charge is 0.266 e. The van der Waals surface area contributed by atoms with Crippen LogP contribution in [0, 0.1) is 6.92 Å². The third kappa shape index (κ3) is 1.89. The van der Waals surface area contributed by atoms with Crippen LogP contribution in [-0.2, 0) is 6.42 Å². The summed E-state index contributed by atoms with van der Waals surface area (Å²) in [4.78, 5) is 13.7. The van der Waals surface area contributed by atoms with E-state index in [4.69, 9.17) is 11.6 Å². The van der Waals surface area contributed by atoms with Crippen LogP contribution in [0.1, 0.15) is 24.6 Å². The number of halogens is 1. The zero-order chi connectivity index (χ0) is 9.14. The van der Waals surface area contributed by atoms with Gasteiger partial charge in [0, 0.05) is 5.69 Å². The zero-order valence-corrected chi connectivity index (χ0v) is 8.03. The van der Waals surface area contributed by atoms with E-state index in [1.807, 2.05) is 6.92 Å². The molecule has 0 amide bonds. The summed E-state index contributed by atoms with van der Waals surface area (Å²) in [5.41, 5.74) is 1.85. The van der Waals surface area contributed by atoms with Gasteiger partial charge in [0.25, 0.3) is 5.56 Å². The van der Waals surface area contributed by atoms with Crippen LogP contribution in [0.3, 0.4) is 0 Å². The normalized spacial score (nSPS) is 10.2. The predicted octanol–water partition coefficient (Wildman–Crippen LogP) is 2.29. The first-order chi connectivity index (χ1) is 5.65. The molecule has 1 N–H and O–H groups in total. The monoisotopic (exact) mass is 185 g/mol. The molecular formula is C9H12ClNO. The highest BCUT2D eigenvalue weighted by atomic mass is 35.5. The van der Waals surface area contributed by atoms with Gasteiger partial charge in [-0.2, -0.15) is 0 Å². The average Bonchev–Trinajstić information content (AvgIpc) is 2.01. The van der Waals surface area contributed by atoms with E-state index in [1.54, 1.807) is 6.07 Å². The summed E-state index contributed by atoms with van der Waals surface area (Å²) in [6, 6.07) is 1.75. The van der Waals surface area contributed by atoms with E-state index >= 15 is 0 Å². The number of rotatable bonds is 2. The van der Waals surface area contributed by atoms with Crippen LogP contribution in [0.4, 0.5) is 0 Å². The highest BCUT2D eigenvalue weighted by Crippen LogP contribution is 2.10. The highest BCUT2D eigenvalue weighted by molar-refractivity contribution is 6.30. The Morgan fingerprint density at radius 2 is 2.25 bits per heavy atom. The molecule has 12 heavy (non-hydrogen) atoms. The van der Waals surface area contributed by atoms with E-state index in [0.29, 0.717) is 0 Å². The molecule has 0 aromatic carbocycles. The fraction of sp³-hybridized carbons (Fsp3) is 0.444. The maximum atomic E-state index is 11.0. The number of pyridine rings is 1. The summed E-state index contributed by atoms with van der Waals surface area (Å²) in [5.74, 6) is 0. The van der Waals surface area contributed by atoms with Crippen molar-refractivity contribution in [2.24, 2.45) is 0 Å². The first-order valence-corrected chi connectivity index (χ1v) is 4.41. The minimum Gasteiger partial charge on any atom is -0.325 e. The summed E-state index contributed by atoms with van der Waals surface area (Å²) in [5, 5.41) is 0.282. The van der Waals surface area contributed by atoms with Gasteiger partial charge in [0.1, 0.15) is 5.02 Å². The third-order valence-corrected chi connectivity index (χ3v) is 2.10. The van der Waals surface area contributed by atoms with Crippen molar-refractivity contribution in [2.45, 2.75) is 26.7 Å². The van der Waals surface area contributed by atoms with Crippen molar-refractivity contribution < 1.29 is 0 Å². The van der Waals surface area contributed by atoms with Crippen molar-refractivity contribution in [3.05, 3.63) is 32.7 Å². The summed E-state index contributed by atoms with van der Waals surface area (Å²) in [7, 11) is 0. The molecule has 0 aliphatic rings. The van der Waals surface area contributed by atoms with Crippen LogP contribution in [-0.4, -0.2) is 4.98 Å². The lowest BCUT2D eigenvalue weighted by Gasteiger charge is -2.03. The topological polar surface area (TPSA) is 32.9 Å². The molecule has 0 fully saturated rings. The number of nitrogens with one attached hydrogen (secondary N) is 1. The molecule has 0 saturated heterocycles. The standard InChI is InChI=1S/C9H12ClNO/c1-3-4-7-5-8(10)9(12)11-6(7)2/h5H,3-4H2,1-2H3,(H,11,12). The molecule has 0 atom stereocenters. The van der Waals surface area contributed by atoms with Crippen molar-refractivity contribution in [2.75, 3.05) is 0 Å². The number of aryl methyl sites for hydroxylation is 2. The molecule has 1 rings (SSSR count). The molecule has 0 unspecified atom stereocenters. The van der Waals surface area contributed by atoms with E-state index in [2.05, 4.69) is 11.9 Å². The summed E-state index contributed by atoms with van der Waals surface area (Å²) >= 11 is 5.68. The number of hydrogen-bond donors (Lipinski definition) is 1. The van der Waals surface area contributed by atoms with Gasteiger partial charge < -0.3 is 4.98 Å². The van der Waals surface area contributed by atoms with E-state index in [9.17, 15) is 4.79 Å². The zero-order valence-electron chi connectivity index (χ0n) is 7.28. The van der Waals surface area contributed by atoms with Crippen LogP contribution in [0.5, 0.6) is 0 Å². The Bertz CT molecular complexity index is 330. The number of aromatic amines is 1. The Hall–Kier alpha value is -0.760. The molecular weight excluding hydrogens is 174 g/mol. The highest BCUT2D eigenvalue weighted by Gasteiger charge is 2.01. The number of aromatic nitrogens is 1. The largest absolute Gasteiger partial charge is 0.325 e. The van der Waals surface area contributed by atoms with Crippen LogP contribution < -0.4 is 5.56 Å². The Kier molecular flexibility index (Phi) is 2.93. The first-order valence-electron chi connectivity index (χ1n) is 4.03.